The van der Waals surface area contributed by atoms with Crippen molar-refractivity contribution >= 4 is 33.4 Å². The third-order valence-corrected chi connectivity index (χ3v) is 7.84. The topological polar surface area (TPSA) is 75.7 Å². The monoisotopic (exact) mass is 462 g/mol. The van der Waals surface area contributed by atoms with E-state index in [-0.39, 0.29) is 5.91 Å². The second-order valence-electron chi connectivity index (χ2n) is 7.71. The lowest BCUT2D eigenvalue weighted by Crippen LogP contribution is -2.48. The molecule has 0 saturated heterocycles. The second-order valence-corrected chi connectivity index (χ2v) is 11.0. The van der Waals surface area contributed by atoms with Crippen molar-refractivity contribution in [1.29, 1.82) is 0 Å². The molecule has 8 heteroatoms. The highest BCUT2D eigenvalue weighted by Gasteiger charge is 2.29. The maximum atomic E-state index is 12.7. The highest BCUT2D eigenvalue weighted by molar-refractivity contribution is 7.99. The smallest absolute Gasteiger partial charge is 0.243 e. The average molecular weight is 463 g/mol. The summed E-state index contributed by atoms with van der Waals surface area (Å²) in [6, 6.07) is 15.2. The molecule has 1 atom stereocenters. The van der Waals surface area contributed by atoms with Gasteiger partial charge in [0.1, 0.15) is 17.5 Å². The standard InChI is InChI=1S/C23H30N2O4S2/c1-18(23(26)24-16-17-30-22-10-6-7-11-22)25(31(2,27)28)19-12-14-21(15-13-19)29-20-8-4-3-5-9-20/h3-5,8-9,12-15,18,22H,6-7,10-11,16-17H2,1-2H3,(H,24,26). The van der Waals surface area contributed by atoms with Gasteiger partial charge in [0.25, 0.3) is 0 Å². The molecule has 31 heavy (non-hydrogen) atoms. The van der Waals surface area contributed by atoms with Crippen molar-refractivity contribution < 1.29 is 17.9 Å². The van der Waals surface area contributed by atoms with E-state index in [0.29, 0.717) is 29.0 Å². The number of benzene rings is 2. The number of sulfonamides is 1. The summed E-state index contributed by atoms with van der Waals surface area (Å²) in [4.78, 5) is 12.7. The predicted molar refractivity (Wildman–Crippen MR) is 127 cm³/mol. The van der Waals surface area contributed by atoms with Crippen LogP contribution in [0.4, 0.5) is 5.69 Å². The Bertz CT molecular complexity index is 943. The first kappa shape index (κ1) is 23.5. The van der Waals surface area contributed by atoms with Gasteiger partial charge in [-0.15, -0.1) is 0 Å². The van der Waals surface area contributed by atoms with Crippen molar-refractivity contribution in [3.8, 4) is 11.5 Å². The number of thioether (sulfide) groups is 1. The van der Waals surface area contributed by atoms with E-state index < -0.39 is 16.1 Å². The van der Waals surface area contributed by atoms with Crippen LogP contribution in [0, 0.1) is 0 Å². The molecule has 2 aromatic rings. The van der Waals surface area contributed by atoms with Crippen LogP contribution in [0.2, 0.25) is 0 Å². The zero-order valence-corrected chi connectivity index (χ0v) is 19.6. The average Bonchev–Trinajstić information content (AvgIpc) is 3.26. The number of amides is 1. The number of hydrogen-bond acceptors (Lipinski definition) is 5. The molecule has 168 valence electrons. The van der Waals surface area contributed by atoms with Crippen LogP contribution in [-0.2, 0) is 14.8 Å². The molecule has 0 aliphatic heterocycles. The van der Waals surface area contributed by atoms with Crippen LogP contribution in [0.5, 0.6) is 11.5 Å². The van der Waals surface area contributed by atoms with E-state index in [4.69, 9.17) is 4.74 Å². The molecule has 0 bridgehead atoms. The molecule has 0 heterocycles. The Labute approximate surface area is 189 Å². The van der Waals surface area contributed by atoms with Crippen LogP contribution in [-0.4, -0.2) is 44.2 Å². The lowest BCUT2D eigenvalue weighted by Gasteiger charge is -2.28. The van der Waals surface area contributed by atoms with Crippen LogP contribution in [0.1, 0.15) is 32.6 Å². The van der Waals surface area contributed by atoms with Gasteiger partial charge in [0.05, 0.1) is 11.9 Å². The number of nitrogens with zero attached hydrogens (tertiary/aromatic N) is 1. The minimum Gasteiger partial charge on any atom is -0.457 e. The van der Waals surface area contributed by atoms with Gasteiger partial charge in [0, 0.05) is 17.5 Å². The molecule has 1 aliphatic carbocycles. The minimum atomic E-state index is -3.65. The highest BCUT2D eigenvalue weighted by Crippen LogP contribution is 2.29. The van der Waals surface area contributed by atoms with Crippen molar-refractivity contribution in [1.82, 2.24) is 5.32 Å². The van der Waals surface area contributed by atoms with Crippen molar-refractivity contribution in [3.05, 3.63) is 54.6 Å². The summed E-state index contributed by atoms with van der Waals surface area (Å²) in [7, 11) is -3.65. The quantitative estimate of drug-likeness (QED) is 0.529. The SMILES string of the molecule is CC(C(=O)NCCSC1CCCC1)N(c1ccc(Oc2ccccc2)cc1)S(C)(=O)=O. The van der Waals surface area contributed by atoms with E-state index in [9.17, 15) is 13.2 Å². The molecule has 3 rings (SSSR count). The molecule has 2 aromatic carbocycles. The Morgan fingerprint density at radius 3 is 2.32 bits per heavy atom. The number of nitrogens with one attached hydrogen (secondary N) is 1. The first-order chi connectivity index (χ1) is 14.8. The van der Waals surface area contributed by atoms with Gasteiger partial charge in [-0.25, -0.2) is 8.42 Å². The van der Waals surface area contributed by atoms with E-state index in [0.717, 1.165) is 16.3 Å². The zero-order valence-electron chi connectivity index (χ0n) is 18.0. The fourth-order valence-corrected chi connectivity index (χ4v) is 6.09. The predicted octanol–water partition coefficient (Wildman–Crippen LogP) is 4.43. The Morgan fingerprint density at radius 2 is 1.71 bits per heavy atom. The number of anilines is 1. The molecule has 1 N–H and O–H groups in total. The van der Waals surface area contributed by atoms with Crippen LogP contribution < -0.4 is 14.4 Å². The molecule has 0 spiro atoms. The molecule has 1 unspecified atom stereocenters. The van der Waals surface area contributed by atoms with E-state index >= 15 is 0 Å². The molecule has 1 saturated carbocycles. The first-order valence-corrected chi connectivity index (χ1v) is 13.5. The molecule has 1 fully saturated rings. The summed E-state index contributed by atoms with van der Waals surface area (Å²) >= 11 is 1.89. The third-order valence-electron chi connectivity index (χ3n) is 5.22. The Kier molecular flexibility index (Phi) is 8.26. The maximum absolute atomic E-state index is 12.7. The summed E-state index contributed by atoms with van der Waals surface area (Å²) in [5.74, 6) is 1.82. The molecule has 6 nitrogen and oxygen atoms in total. The fraction of sp³-hybridized carbons (Fsp3) is 0.435. The lowest BCUT2D eigenvalue weighted by molar-refractivity contribution is -0.121. The number of rotatable bonds is 10. The number of hydrogen-bond donors (Lipinski definition) is 1. The van der Waals surface area contributed by atoms with Gasteiger partial charge >= 0.3 is 0 Å². The van der Waals surface area contributed by atoms with Crippen molar-refractivity contribution in [2.75, 3.05) is 22.9 Å². The Hall–Kier alpha value is -2.19. The normalized spacial score (nSPS) is 15.4. The molecule has 1 aliphatic rings. The van der Waals surface area contributed by atoms with Gasteiger partial charge in [-0.05, 0) is 56.2 Å². The first-order valence-electron chi connectivity index (χ1n) is 10.6. The van der Waals surface area contributed by atoms with Crippen LogP contribution in [0.15, 0.2) is 54.6 Å². The van der Waals surface area contributed by atoms with Gasteiger partial charge in [-0.3, -0.25) is 9.10 Å². The largest absolute Gasteiger partial charge is 0.457 e. The summed E-state index contributed by atoms with van der Waals surface area (Å²) < 4.78 is 31.9. The van der Waals surface area contributed by atoms with Gasteiger partial charge in [0.15, 0.2) is 0 Å². The third kappa shape index (κ3) is 6.90. The summed E-state index contributed by atoms with van der Waals surface area (Å²) in [6.07, 6.45) is 6.20. The highest BCUT2D eigenvalue weighted by atomic mass is 32.2. The molecule has 0 aromatic heterocycles. The number of para-hydroxylation sites is 1. The molecular weight excluding hydrogens is 432 g/mol. The molecule has 0 radical (unpaired) electrons. The van der Waals surface area contributed by atoms with Gasteiger partial charge < -0.3 is 10.1 Å². The van der Waals surface area contributed by atoms with Crippen LogP contribution in [0.3, 0.4) is 0 Å². The van der Waals surface area contributed by atoms with E-state index in [1.165, 1.54) is 25.7 Å². The summed E-state index contributed by atoms with van der Waals surface area (Å²) in [6.45, 7) is 2.14. The van der Waals surface area contributed by atoms with Crippen molar-refractivity contribution in [3.63, 3.8) is 0 Å². The van der Waals surface area contributed by atoms with E-state index in [1.807, 2.05) is 42.1 Å². The molecular formula is C23H30N2O4S2. The number of ether oxygens (including phenoxy) is 1. The minimum absolute atomic E-state index is 0.304. The summed E-state index contributed by atoms with van der Waals surface area (Å²) in [5, 5.41) is 3.58. The number of carbonyl (C=O) groups is 1. The zero-order chi connectivity index (χ0) is 22.3. The second kappa shape index (κ2) is 10.9. The molecule has 1 amide bonds. The van der Waals surface area contributed by atoms with Crippen molar-refractivity contribution in [2.45, 2.75) is 43.9 Å². The summed E-state index contributed by atoms with van der Waals surface area (Å²) in [5.41, 5.74) is 0.422. The Morgan fingerprint density at radius 1 is 1.10 bits per heavy atom. The van der Waals surface area contributed by atoms with E-state index in [1.54, 1.807) is 31.2 Å². The van der Waals surface area contributed by atoms with Gasteiger partial charge in [-0.2, -0.15) is 11.8 Å². The van der Waals surface area contributed by atoms with Crippen LogP contribution >= 0.6 is 11.8 Å². The maximum Gasteiger partial charge on any atom is 0.243 e. The van der Waals surface area contributed by atoms with Crippen molar-refractivity contribution in [2.24, 2.45) is 0 Å². The fourth-order valence-electron chi connectivity index (χ4n) is 3.70. The lowest BCUT2D eigenvalue weighted by atomic mass is 10.2. The van der Waals surface area contributed by atoms with Gasteiger partial charge in [0.2, 0.25) is 15.9 Å². The van der Waals surface area contributed by atoms with E-state index in [2.05, 4.69) is 5.32 Å². The number of carbonyl (C=O) groups excluding carboxylic acids is 1. The van der Waals surface area contributed by atoms with Gasteiger partial charge in [-0.1, -0.05) is 31.0 Å². The Balaban J connectivity index is 1.61. The van der Waals surface area contributed by atoms with Crippen LogP contribution in [0.25, 0.3) is 0 Å².